The summed E-state index contributed by atoms with van der Waals surface area (Å²) in [5, 5.41) is 7.72. The number of anilines is 1. The quantitative estimate of drug-likeness (QED) is 0.943. The van der Waals surface area contributed by atoms with Crippen molar-refractivity contribution in [3.63, 3.8) is 0 Å². The minimum absolute atomic E-state index is 0.162. The Morgan fingerprint density at radius 2 is 2.15 bits per heavy atom. The number of halogens is 2. The summed E-state index contributed by atoms with van der Waals surface area (Å²) < 4.78 is 6.92. The van der Waals surface area contributed by atoms with E-state index in [4.69, 9.17) is 27.9 Å². The lowest BCUT2D eigenvalue weighted by Crippen LogP contribution is -2.21. The number of hydrogen-bond donors (Lipinski definition) is 1. The molecule has 0 aliphatic carbocycles. The van der Waals surface area contributed by atoms with Gasteiger partial charge in [0, 0.05) is 24.2 Å². The molecule has 0 aliphatic rings. The van der Waals surface area contributed by atoms with E-state index in [0.717, 1.165) is 5.69 Å². The molecule has 1 aromatic heterocycles. The molecule has 20 heavy (non-hydrogen) atoms. The normalized spacial score (nSPS) is 10.4. The van der Waals surface area contributed by atoms with Crippen LogP contribution in [0.15, 0.2) is 24.3 Å². The van der Waals surface area contributed by atoms with Crippen molar-refractivity contribution < 1.29 is 9.53 Å². The molecule has 0 bridgehead atoms. The van der Waals surface area contributed by atoms with Gasteiger partial charge in [-0.05, 0) is 19.1 Å². The van der Waals surface area contributed by atoms with Crippen LogP contribution in [0, 0.1) is 6.92 Å². The van der Waals surface area contributed by atoms with Crippen molar-refractivity contribution in [2.75, 3.05) is 11.9 Å². The molecular formula is C13H13Cl2N3O2. The van der Waals surface area contributed by atoms with Crippen LogP contribution in [0.5, 0.6) is 5.75 Å². The Hall–Kier alpha value is -1.72. The molecule has 0 fully saturated rings. The molecule has 0 saturated heterocycles. The van der Waals surface area contributed by atoms with E-state index >= 15 is 0 Å². The molecule has 0 radical (unpaired) electrons. The molecule has 0 saturated carbocycles. The lowest BCUT2D eigenvalue weighted by atomic mass is 10.3. The van der Waals surface area contributed by atoms with Gasteiger partial charge >= 0.3 is 0 Å². The van der Waals surface area contributed by atoms with Gasteiger partial charge in [-0.1, -0.05) is 23.2 Å². The summed E-state index contributed by atoms with van der Waals surface area (Å²) in [7, 11) is 1.75. The number of amides is 1. The van der Waals surface area contributed by atoms with Crippen LogP contribution < -0.4 is 10.1 Å². The standard InChI is InChI=1S/C13H13Cl2N3O2/c1-8-5-12(18(2)17-8)16-13(19)7-20-11-6-9(14)3-4-10(11)15/h3-6H,7H2,1-2H3,(H,16,19). The summed E-state index contributed by atoms with van der Waals surface area (Å²) in [6.07, 6.45) is 0. The van der Waals surface area contributed by atoms with Crippen molar-refractivity contribution >= 4 is 34.9 Å². The molecule has 0 atom stereocenters. The van der Waals surface area contributed by atoms with Crippen LogP contribution in [0.3, 0.4) is 0 Å². The summed E-state index contributed by atoms with van der Waals surface area (Å²) in [6, 6.07) is 6.59. The Kier molecular flexibility index (Phi) is 4.52. The van der Waals surface area contributed by atoms with Gasteiger partial charge < -0.3 is 10.1 Å². The van der Waals surface area contributed by atoms with E-state index in [1.165, 1.54) is 0 Å². The van der Waals surface area contributed by atoms with Gasteiger partial charge in [-0.15, -0.1) is 0 Å². The van der Waals surface area contributed by atoms with Crippen LogP contribution in [0.25, 0.3) is 0 Å². The second-order valence-electron chi connectivity index (χ2n) is 4.21. The predicted octanol–water partition coefficient (Wildman–Crippen LogP) is 3.05. The third-order valence-electron chi connectivity index (χ3n) is 2.52. The third kappa shape index (κ3) is 3.65. The van der Waals surface area contributed by atoms with Crippen molar-refractivity contribution in [2.24, 2.45) is 7.05 Å². The molecule has 0 aliphatic heterocycles. The monoisotopic (exact) mass is 313 g/mol. The van der Waals surface area contributed by atoms with E-state index < -0.39 is 0 Å². The largest absolute Gasteiger partial charge is 0.482 e. The maximum atomic E-state index is 11.8. The van der Waals surface area contributed by atoms with Gasteiger partial charge in [-0.3, -0.25) is 9.48 Å². The summed E-state index contributed by atoms with van der Waals surface area (Å²) in [6.45, 7) is 1.68. The maximum absolute atomic E-state index is 11.8. The fourth-order valence-electron chi connectivity index (χ4n) is 1.64. The molecule has 7 heteroatoms. The Bertz CT molecular complexity index is 641. The Morgan fingerprint density at radius 1 is 1.40 bits per heavy atom. The molecular weight excluding hydrogens is 301 g/mol. The molecule has 1 heterocycles. The minimum atomic E-state index is -0.302. The Morgan fingerprint density at radius 3 is 2.80 bits per heavy atom. The second kappa shape index (κ2) is 6.15. The number of aryl methyl sites for hydroxylation is 2. The number of carbonyl (C=O) groups is 1. The first-order valence-electron chi connectivity index (χ1n) is 5.84. The highest BCUT2D eigenvalue weighted by Crippen LogP contribution is 2.27. The molecule has 1 amide bonds. The Labute approximate surface area is 126 Å². The third-order valence-corrected chi connectivity index (χ3v) is 3.07. The summed E-state index contributed by atoms with van der Waals surface area (Å²) in [5.41, 5.74) is 0.821. The molecule has 0 spiro atoms. The van der Waals surface area contributed by atoms with Crippen LogP contribution in [-0.4, -0.2) is 22.3 Å². The number of carbonyl (C=O) groups excluding carboxylic acids is 1. The number of nitrogens with one attached hydrogen (secondary N) is 1. The van der Waals surface area contributed by atoms with Gasteiger partial charge in [-0.25, -0.2) is 0 Å². The Balaban J connectivity index is 1.95. The topological polar surface area (TPSA) is 56.1 Å². The van der Waals surface area contributed by atoms with Gasteiger partial charge in [0.05, 0.1) is 10.7 Å². The van der Waals surface area contributed by atoms with Crippen molar-refractivity contribution in [1.29, 1.82) is 0 Å². The number of benzene rings is 1. The average molecular weight is 314 g/mol. The lowest BCUT2D eigenvalue weighted by molar-refractivity contribution is -0.118. The minimum Gasteiger partial charge on any atom is -0.482 e. The van der Waals surface area contributed by atoms with E-state index in [9.17, 15) is 4.79 Å². The van der Waals surface area contributed by atoms with Crippen molar-refractivity contribution in [2.45, 2.75) is 6.92 Å². The van der Waals surface area contributed by atoms with E-state index in [0.29, 0.717) is 21.6 Å². The fourth-order valence-corrected chi connectivity index (χ4v) is 1.97. The first-order valence-corrected chi connectivity index (χ1v) is 6.59. The zero-order valence-corrected chi connectivity index (χ0v) is 12.5. The SMILES string of the molecule is Cc1cc(NC(=O)COc2cc(Cl)ccc2Cl)n(C)n1. The molecule has 106 valence electrons. The highest BCUT2D eigenvalue weighted by molar-refractivity contribution is 6.34. The van der Waals surface area contributed by atoms with Gasteiger partial charge in [0.25, 0.3) is 5.91 Å². The lowest BCUT2D eigenvalue weighted by Gasteiger charge is -2.09. The van der Waals surface area contributed by atoms with Gasteiger partial charge in [-0.2, -0.15) is 5.10 Å². The van der Waals surface area contributed by atoms with Gasteiger partial charge in [0.2, 0.25) is 0 Å². The van der Waals surface area contributed by atoms with Crippen LogP contribution in [-0.2, 0) is 11.8 Å². The van der Waals surface area contributed by atoms with Crippen LogP contribution in [0.1, 0.15) is 5.69 Å². The zero-order valence-electron chi connectivity index (χ0n) is 11.0. The van der Waals surface area contributed by atoms with Crippen LogP contribution >= 0.6 is 23.2 Å². The smallest absolute Gasteiger partial charge is 0.263 e. The predicted molar refractivity (Wildman–Crippen MR) is 78.5 cm³/mol. The number of aromatic nitrogens is 2. The number of nitrogens with zero attached hydrogens (tertiary/aromatic N) is 2. The summed E-state index contributed by atoms with van der Waals surface area (Å²) in [4.78, 5) is 11.8. The van der Waals surface area contributed by atoms with E-state index in [1.54, 1.807) is 36.0 Å². The number of ether oxygens (including phenoxy) is 1. The highest BCUT2D eigenvalue weighted by Gasteiger charge is 2.09. The van der Waals surface area contributed by atoms with Crippen LogP contribution in [0.4, 0.5) is 5.82 Å². The van der Waals surface area contributed by atoms with E-state index in [-0.39, 0.29) is 12.5 Å². The molecule has 0 unspecified atom stereocenters. The van der Waals surface area contributed by atoms with Crippen molar-refractivity contribution in [3.8, 4) is 5.75 Å². The van der Waals surface area contributed by atoms with Gasteiger partial charge in [0.1, 0.15) is 11.6 Å². The molecule has 1 N–H and O–H groups in total. The van der Waals surface area contributed by atoms with Crippen molar-refractivity contribution in [3.05, 3.63) is 40.0 Å². The molecule has 1 aromatic carbocycles. The number of hydrogen-bond acceptors (Lipinski definition) is 3. The highest BCUT2D eigenvalue weighted by atomic mass is 35.5. The summed E-state index contributed by atoms with van der Waals surface area (Å²) in [5.74, 6) is 0.674. The zero-order chi connectivity index (χ0) is 14.7. The van der Waals surface area contributed by atoms with Crippen LogP contribution in [0.2, 0.25) is 10.0 Å². The number of rotatable bonds is 4. The molecule has 2 aromatic rings. The first kappa shape index (κ1) is 14.7. The first-order chi connectivity index (χ1) is 9.45. The molecule has 5 nitrogen and oxygen atoms in total. The van der Waals surface area contributed by atoms with E-state index in [1.807, 2.05) is 6.92 Å². The summed E-state index contributed by atoms with van der Waals surface area (Å²) >= 11 is 11.8. The second-order valence-corrected chi connectivity index (χ2v) is 5.05. The fraction of sp³-hybridized carbons (Fsp3) is 0.231. The van der Waals surface area contributed by atoms with Crippen molar-refractivity contribution in [1.82, 2.24) is 9.78 Å². The maximum Gasteiger partial charge on any atom is 0.263 e. The molecule has 2 rings (SSSR count). The van der Waals surface area contributed by atoms with Gasteiger partial charge in [0.15, 0.2) is 6.61 Å². The average Bonchev–Trinajstić information content (AvgIpc) is 2.69. The van der Waals surface area contributed by atoms with E-state index in [2.05, 4.69) is 10.4 Å².